The molecule has 3 heterocycles. The van der Waals surface area contributed by atoms with Gasteiger partial charge in [-0.05, 0) is 110 Å². The molecule has 0 unspecified atom stereocenters. The van der Waals surface area contributed by atoms with Crippen LogP contribution < -0.4 is 0 Å². The first-order valence-corrected chi connectivity index (χ1v) is 20.3. The topological polar surface area (TPSA) is 41.6 Å². The first kappa shape index (κ1) is 36.0. The molecule has 0 atom stereocenters. The summed E-state index contributed by atoms with van der Waals surface area (Å²) in [6.45, 7) is 6.84. The van der Waals surface area contributed by atoms with Gasteiger partial charge in [-0.15, -0.1) is 0 Å². The van der Waals surface area contributed by atoms with Gasteiger partial charge in [0.15, 0.2) is 0 Å². The van der Waals surface area contributed by atoms with Crippen molar-refractivity contribution in [3.05, 3.63) is 206 Å². The molecule has 0 spiro atoms. The molecule has 282 valence electrons. The maximum atomic E-state index is 5.54. The standard InChI is InChI=1S/C56H43N3/c1-56(2,3)46-35-51(43-26-16-25-41(29-43)37-17-8-4-9-18-37)58-53(36-46)50-33-45(40-23-14-7-15-24-40)31-48-47-30-44(39-21-12-6-13-22-39)32-49(54(47)59-55(48)50)52-34-42(27-28-57-52)38-19-10-5-11-20-38/h4-36,59H,1-3H3. The van der Waals surface area contributed by atoms with Gasteiger partial charge in [0, 0.05) is 33.7 Å². The third-order valence-electron chi connectivity index (χ3n) is 11.4. The molecule has 0 bridgehead atoms. The van der Waals surface area contributed by atoms with E-state index in [2.05, 4.69) is 220 Å². The van der Waals surface area contributed by atoms with E-state index in [4.69, 9.17) is 9.97 Å². The lowest BCUT2D eigenvalue weighted by atomic mass is 9.85. The van der Waals surface area contributed by atoms with Crippen LogP contribution in [0, 0.1) is 0 Å². The largest absolute Gasteiger partial charge is 0.353 e. The van der Waals surface area contributed by atoms with Crippen molar-refractivity contribution < 1.29 is 0 Å². The van der Waals surface area contributed by atoms with Crippen molar-refractivity contribution in [3.63, 3.8) is 0 Å². The van der Waals surface area contributed by atoms with Crippen LogP contribution >= 0.6 is 0 Å². The Balaban J connectivity index is 1.26. The SMILES string of the molecule is CC(C)(C)c1cc(-c2cccc(-c3ccccc3)c2)nc(-c2cc(-c3ccccc3)cc3c2[nH]c2c(-c4cc(-c5ccccc5)ccn4)cc(-c4ccccc4)cc23)c1. The minimum Gasteiger partial charge on any atom is -0.353 e. The summed E-state index contributed by atoms with van der Waals surface area (Å²) in [5.41, 5.74) is 18.4. The minimum absolute atomic E-state index is 0.118. The van der Waals surface area contributed by atoms with E-state index in [1.54, 1.807) is 0 Å². The number of nitrogens with zero attached hydrogens (tertiary/aromatic N) is 2. The summed E-state index contributed by atoms with van der Waals surface area (Å²) in [5, 5.41) is 2.29. The zero-order chi connectivity index (χ0) is 39.9. The number of rotatable bonds is 7. The second-order valence-corrected chi connectivity index (χ2v) is 16.4. The number of fused-ring (bicyclic) bond motifs is 3. The Morgan fingerprint density at radius 1 is 0.356 bits per heavy atom. The van der Waals surface area contributed by atoms with Crippen molar-refractivity contribution in [2.45, 2.75) is 26.2 Å². The zero-order valence-corrected chi connectivity index (χ0v) is 33.4. The molecule has 3 aromatic heterocycles. The summed E-state index contributed by atoms with van der Waals surface area (Å²) in [4.78, 5) is 14.5. The molecular formula is C56H43N3. The van der Waals surface area contributed by atoms with E-state index in [1.165, 1.54) is 16.7 Å². The molecule has 0 aliphatic rings. The fourth-order valence-corrected chi connectivity index (χ4v) is 8.23. The van der Waals surface area contributed by atoms with Crippen LogP contribution in [0.1, 0.15) is 26.3 Å². The highest BCUT2D eigenvalue weighted by molar-refractivity contribution is 6.17. The normalized spacial score (nSPS) is 11.6. The van der Waals surface area contributed by atoms with Gasteiger partial charge in [-0.1, -0.05) is 160 Å². The number of aromatic nitrogens is 3. The first-order valence-electron chi connectivity index (χ1n) is 20.3. The van der Waals surface area contributed by atoms with Gasteiger partial charge in [-0.3, -0.25) is 4.98 Å². The second-order valence-electron chi connectivity index (χ2n) is 16.4. The molecule has 3 nitrogen and oxygen atoms in total. The Kier molecular flexibility index (Phi) is 9.07. The molecule has 10 aromatic rings. The van der Waals surface area contributed by atoms with Crippen molar-refractivity contribution in [2.75, 3.05) is 0 Å². The molecule has 0 fully saturated rings. The Morgan fingerprint density at radius 3 is 1.32 bits per heavy atom. The Bertz CT molecular complexity index is 3100. The van der Waals surface area contributed by atoms with Crippen molar-refractivity contribution in [1.82, 2.24) is 15.0 Å². The highest BCUT2D eigenvalue weighted by Gasteiger charge is 2.22. The van der Waals surface area contributed by atoms with Gasteiger partial charge in [0.25, 0.3) is 0 Å². The Morgan fingerprint density at radius 2 is 0.797 bits per heavy atom. The van der Waals surface area contributed by atoms with Gasteiger partial charge >= 0.3 is 0 Å². The van der Waals surface area contributed by atoms with Crippen LogP contribution in [0.4, 0.5) is 0 Å². The van der Waals surface area contributed by atoms with Gasteiger partial charge in [0.05, 0.1) is 28.1 Å². The van der Waals surface area contributed by atoms with Crippen LogP contribution in [0.5, 0.6) is 0 Å². The number of aromatic amines is 1. The Hall–Kier alpha value is -7.36. The monoisotopic (exact) mass is 757 g/mol. The van der Waals surface area contributed by atoms with E-state index < -0.39 is 0 Å². The second kappa shape index (κ2) is 14.9. The zero-order valence-electron chi connectivity index (χ0n) is 33.4. The lowest BCUT2D eigenvalue weighted by Gasteiger charge is -2.21. The van der Waals surface area contributed by atoms with E-state index in [-0.39, 0.29) is 5.41 Å². The molecule has 0 saturated heterocycles. The maximum Gasteiger partial charge on any atom is 0.0733 e. The van der Waals surface area contributed by atoms with Crippen molar-refractivity contribution in [2.24, 2.45) is 0 Å². The molecule has 1 N–H and O–H groups in total. The molecule has 3 heteroatoms. The number of pyridine rings is 2. The summed E-state index contributed by atoms with van der Waals surface area (Å²) in [5.74, 6) is 0. The fraction of sp³-hybridized carbons (Fsp3) is 0.0714. The van der Waals surface area contributed by atoms with Crippen LogP contribution in [0.3, 0.4) is 0 Å². The summed E-state index contributed by atoms with van der Waals surface area (Å²) in [7, 11) is 0. The highest BCUT2D eigenvalue weighted by Crippen LogP contribution is 2.43. The van der Waals surface area contributed by atoms with Crippen molar-refractivity contribution in [3.8, 4) is 78.3 Å². The average molecular weight is 758 g/mol. The minimum atomic E-state index is -0.118. The third-order valence-corrected chi connectivity index (χ3v) is 11.4. The van der Waals surface area contributed by atoms with Crippen LogP contribution in [-0.2, 0) is 5.41 Å². The lowest BCUT2D eigenvalue weighted by Crippen LogP contribution is -2.12. The summed E-state index contributed by atoms with van der Waals surface area (Å²) < 4.78 is 0. The van der Waals surface area contributed by atoms with Crippen LogP contribution in [-0.4, -0.2) is 15.0 Å². The predicted octanol–water partition coefficient (Wildman–Crippen LogP) is 15.1. The number of H-pyrrole nitrogens is 1. The highest BCUT2D eigenvalue weighted by atomic mass is 14.8. The molecular weight excluding hydrogens is 715 g/mol. The summed E-state index contributed by atoms with van der Waals surface area (Å²) in [6.07, 6.45) is 1.93. The van der Waals surface area contributed by atoms with E-state index in [0.29, 0.717) is 0 Å². The number of nitrogens with one attached hydrogen (secondary N) is 1. The molecule has 59 heavy (non-hydrogen) atoms. The van der Waals surface area contributed by atoms with E-state index in [9.17, 15) is 0 Å². The molecule has 0 radical (unpaired) electrons. The number of hydrogen-bond donors (Lipinski definition) is 1. The van der Waals surface area contributed by atoms with Gasteiger partial charge < -0.3 is 4.98 Å². The van der Waals surface area contributed by atoms with Crippen LogP contribution in [0.2, 0.25) is 0 Å². The number of benzene rings is 7. The molecule has 7 aromatic carbocycles. The molecule has 10 rings (SSSR count). The molecule has 0 saturated carbocycles. The third kappa shape index (κ3) is 7.02. The summed E-state index contributed by atoms with van der Waals surface area (Å²) >= 11 is 0. The van der Waals surface area contributed by atoms with Gasteiger partial charge in [0.1, 0.15) is 0 Å². The smallest absolute Gasteiger partial charge is 0.0733 e. The fourth-order valence-electron chi connectivity index (χ4n) is 8.23. The predicted molar refractivity (Wildman–Crippen MR) is 248 cm³/mol. The van der Waals surface area contributed by atoms with Crippen LogP contribution in [0.25, 0.3) is 100 Å². The first-order chi connectivity index (χ1) is 28.9. The van der Waals surface area contributed by atoms with E-state index in [1.807, 2.05) is 6.20 Å². The van der Waals surface area contributed by atoms with Gasteiger partial charge in [-0.2, -0.15) is 0 Å². The quantitative estimate of drug-likeness (QED) is 0.176. The number of hydrogen-bond acceptors (Lipinski definition) is 2. The summed E-state index contributed by atoms with van der Waals surface area (Å²) in [6, 6.07) is 69.4. The van der Waals surface area contributed by atoms with Crippen molar-refractivity contribution in [1.29, 1.82) is 0 Å². The molecule has 0 amide bonds. The maximum absolute atomic E-state index is 5.54. The Labute approximate surface area is 345 Å². The van der Waals surface area contributed by atoms with Gasteiger partial charge in [-0.25, -0.2) is 4.98 Å². The van der Waals surface area contributed by atoms with Crippen molar-refractivity contribution >= 4 is 21.8 Å². The van der Waals surface area contributed by atoms with E-state index >= 15 is 0 Å². The van der Waals surface area contributed by atoms with Gasteiger partial charge in [0.2, 0.25) is 0 Å². The molecule has 0 aliphatic heterocycles. The molecule has 0 aliphatic carbocycles. The average Bonchev–Trinajstić information content (AvgIpc) is 3.68. The lowest BCUT2D eigenvalue weighted by molar-refractivity contribution is 0.590. The van der Waals surface area contributed by atoms with E-state index in [0.717, 1.165) is 89.0 Å². The van der Waals surface area contributed by atoms with Crippen LogP contribution in [0.15, 0.2) is 200 Å².